The van der Waals surface area contributed by atoms with Gasteiger partial charge in [-0.2, -0.15) is 0 Å². The Labute approximate surface area is 195 Å². The lowest BCUT2D eigenvalue weighted by molar-refractivity contribution is -0.139. The van der Waals surface area contributed by atoms with Crippen LogP contribution >= 0.6 is 11.3 Å². The van der Waals surface area contributed by atoms with Gasteiger partial charge in [0.25, 0.3) is 0 Å². The predicted molar refractivity (Wildman–Crippen MR) is 127 cm³/mol. The van der Waals surface area contributed by atoms with Gasteiger partial charge in [-0.05, 0) is 55.4 Å². The molecule has 2 heterocycles. The van der Waals surface area contributed by atoms with Crippen molar-refractivity contribution in [3.8, 4) is 11.1 Å². The number of carbonyl (C=O) groups is 1. The lowest BCUT2D eigenvalue weighted by Crippen LogP contribution is -2.19. The number of hydrogen-bond acceptors (Lipinski definition) is 5. The zero-order valence-electron chi connectivity index (χ0n) is 18.1. The number of carboxylic acid groups (broad SMARTS) is 1. The first kappa shape index (κ1) is 22.2. The minimum atomic E-state index is -1.12. The van der Waals surface area contributed by atoms with Crippen LogP contribution in [0, 0.1) is 5.82 Å². The van der Waals surface area contributed by atoms with Crippen molar-refractivity contribution in [3.63, 3.8) is 0 Å². The van der Waals surface area contributed by atoms with Crippen LogP contribution in [0.3, 0.4) is 0 Å². The molecule has 2 aliphatic carbocycles. The topological polar surface area (TPSA) is 90.7 Å². The van der Waals surface area contributed by atoms with Crippen LogP contribution in [-0.4, -0.2) is 38.5 Å². The maximum Gasteiger partial charge on any atom is 0.305 e. The minimum absolute atomic E-state index is 0.0586. The van der Waals surface area contributed by atoms with Crippen molar-refractivity contribution < 1.29 is 24.5 Å². The highest BCUT2D eigenvalue weighted by molar-refractivity contribution is 7.19. The molecule has 1 aromatic carbocycles. The van der Waals surface area contributed by atoms with E-state index in [0.29, 0.717) is 5.92 Å². The van der Waals surface area contributed by atoms with Crippen molar-refractivity contribution in [1.29, 1.82) is 0 Å². The van der Waals surface area contributed by atoms with Gasteiger partial charge in [0.2, 0.25) is 0 Å². The number of aliphatic hydroxyl groups excluding tert-OH is 2. The monoisotopic (exact) mass is 467 g/mol. The fourth-order valence-electron chi connectivity index (χ4n) is 4.76. The van der Waals surface area contributed by atoms with Gasteiger partial charge in [0.1, 0.15) is 10.6 Å². The number of rotatable bonds is 8. The van der Waals surface area contributed by atoms with Gasteiger partial charge < -0.3 is 15.3 Å². The van der Waals surface area contributed by atoms with Crippen LogP contribution in [0.4, 0.5) is 4.39 Å². The molecule has 1 fully saturated rings. The molecule has 7 heteroatoms. The van der Waals surface area contributed by atoms with Gasteiger partial charge in [0, 0.05) is 33.7 Å². The van der Waals surface area contributed by atoms with E-state index in [0.717, 1.165) is 64.7 Å². The Bertz CT molecular complexity index is 1230. The van der Waals surface area contributed by atoms with Crippen molar-refractivity contribution in [1.82, 2.24) is 4.98 Å². The predicted octanol–water partition coefficient (Wildman–Crippen LogP) is 5.07. The molecule has 0 saturated heterocycles. The normalized spacial score (nSPS) is 17.5. The second-order valence-corrected chi connectivity index (χ2v) is 10.1. The van der Waals surface area contributed by atoms with Crippen LogP contribution in [0.15, 0.2) is 30.3 Å². The standard InChI is InChI=1S/C26H26FNO4S/c27-16-8-6-14(7-9-16)23-20(11-10-17(29)12-18(30)13-22(31)32)25(15-4-5-15)28-26-24(23)19-2-1-3-21(19)33-26/h6-11,15,17-18,29-30H,1-5,12-13H2,(H,31,32)/b11-10+/t17-,18-/m1/s1. The van der Waals surface area contributed by atoms with E-state index in [1.54, 1.807) is 29.5 Å². The molecule has 0 aliphatic heterocycles. The van der Waals surface area contributed by atoms with Crippen molar-refractivity contribution in [2.45, 2.75) is 63.1 Å². The fraction of sp³-hybridized carbons (Fsp3) is 0.385. The quantitative estimate of drug-likeness (QED) is 0.430. The third-order valence-electron chi connectivity index (χ3n) is 6.43. The summed E-state index contributed by atoms with van der Waals surface area (Å²) in [5.41, 5.74) is 5.19. The highest BCUT2D eigenvalue weighted by atomic mass is 32.1. The highest BCUT2D eigenvalue weighted by Crippen LogP contribution is 2.49. The minimum Gasteiger partial charge on any atom is -0.481 e. The van der Waals surface area contributed by atoms with Crippen LogP contribution in [-0.2, 0) is 17.6 Å². The summed E-state index contributed by atoms with van der Waals surface area (Å²) in [5.74, 6) is -1.03. The third-order valence-corrected chi connectivity index (χ3v) is 7.61. The van der Waals surface area contributed by atoms with Gasteiger partial charge in [0.05, 0.1) is 24.3 Å². The molecular formula is C26H26FNO4S. The summed E-state index contributed by atoms with van der Waals surface area (Å²) < 4.78 is 13.7. The van der Waals surface area contributed by atoms with Crippen LogP contribution in [0.25, 0.3) is 27.4 Å². The van der Waals surface area contributed by atoms with Gasteiger partial charge in [-0.3, -0.25) is 4.79 Å². The molecule has 2 aliphatic rings. The Morgan fingerprint density at radius 3 is 2.67 bits per heavy atom. The molecule has 3 aromatic rings. The van der Waals surface area contributed by atoms with Crippen molar-refractivity contribution in [3.05, 3.63) is 57.9 Å². The molecule has 0 radical (unpaired) electrons. The van der Waals surface area contributed by atoms with Gasteiger partial charge in [0.15, 0.2) is 0 Å². The molecule has 5 nitrogen and oxygen atoms in total. The van der Waals surface area contributed by atoms with Gasteiger partial charge >= 0.3 is 5.97 Å². The molecule has 33 heavy (non-hydrogen) atoms. The number of nitrogens with zero attached hydrogens (tertiary/aromatic N) is 1. The van der Waals surface area contributed by atoms with E-state index in [1.165, 1.54) is 22.6 Å². The number of halogens is 1. The van der Waals surface area contributed by atoms with Crippen LogP contribution in [0.2, 0.25) is 0 Å². The Kier molecular flexibility index (Phi) is 6.03. The van der Waals surface area contributed by atoms with E-state index < -0.39 is 24.6 Å². The summed E-state index contributed by atoms with van der Waals surface area (Å²) in [6, 6.07) is 6.53. The zero-order valence-corrected chi connectivity index (χ0v) is 18.9. The smallest absolute Gasteiger partial charge is 0.305 e. The van der Waals surface area contributed by atoms with Gasteiger partial charge in [-0.15, -0.1) is 11.3 Å². The molecule has 172 valence electrons. The van der Waals surface area contributed by atoms with E-state index in [2.05, 4.69) is 0 Å². The molecule has 0 unspecified atom stereocenters. The molecule has 5 rings (SSSR count). The van der Waals surface area contributed by atoms with E-state index in [9.17, 15) is 19.4 Å². The summed E-state index contributed by atoms with van der Waals surface area (Å²) >= 11 is 1.76. The fourth-order valence-corrected chi connectivity index (χ4v) is 6.04. The second kappa shape index (κ2) is 8.97. The van der Waals surface area contributed by atoms with Crippen LogP contribution < -0.4 is 0 Å². The first-order valence-corrected chi connectivity index (χ1v) is 12.2. The molecule has 2 atom stereocenters. The Morgan fingerprint density at radius 1 is 1.21 bits per heavy atom. The molecule has 0 amide bonds. The lowest BCUT2D eigenvalue weighted by Gasteiger charge is -2.16. The third kappa shape index (κ3) is 4.58. The number of thiophene rings is 1. The van der Waals surface area contributed by atoms with E-state index in [-0.39, 0.29) is 12.2 Å². The maximum absolute atomic E-state index is 13.7. The Balaban J connectivity index is 1.63. The SMILES string of the molecule is O=C(O)C[C@H](O)C[C@H](O)/C=C/c1c(C2CC2)nc2sc3c(c2c1-c1ccc(F)cc1)CCC3. The number of pyridine rings is 1. The summed E-state index contributed by atoms with van der Waals surface area (Å²) in [6.07, 6.45) is 6.19. The highest BCUT2D eigenvalue weighted by Gasteiger charge is 2.32. The lowest BCUT2D eigenvalue weighted by atomic mass is 9.92. The summed E-state index contributed by atoms with van der Waals surface area (Å²) in [5, 5.41) is 30.3. The summed E-state index contributed by atoms with van der Waals surface area (Å²) in [7, 11) is 0. The Hall–Kier alpha value is -2.61. The summed E-state index contributed by atoms with van der Waals surface area (Å²) in [4.78, 5) is 18.3. The second-order valence-electron chi connectivity index (χ2n) is 9.02. The zero-order chi connectivity index (χ0) is 23.1. The number of benzene rings is 1. The number of hydrogen-bond donors (Lipinski definition) is 3. The van der Waals surface area contributed by atoms with Crippen LogP contribution in [0.5, 0.6) is 0 Å². The molecule has 1 saturated carbocycles. The molecule has 2 aromatic heterocycles. The number of aliphatic hydroxyl groups is 2. The molecular weight excluding hydrogens is 441 g/mol. The molecule has 0 bridgehead atoms. The number of aryl methyl sites for hydroxylation is 2. The average molecular weight is 468 g/mol. The largest absolute Gasteiger partial charge is 0.481 e. The first-order chi connectivity index (χ1) is 15.9. The number of carboxylic acids is 1. The Morgan fingerprint density at radius 2 is 1.97 bits per heavy atom. The van der Waals surface area contributed by atoms with Crippen molar-refractivity contribution in [2.24, 2.45) is 0 Å². The number of aromatic nitrogens is 1. The number of aliphatic carboxylic acids is 1. The average Bonchev–Trinajstić information content (AvgIpc) is 3.40. The first-order valence-electron chi connectivity index (χ1n) is 11.4. The number of fused-ring (bicyclic) bond motifs is 3. The van der Waals surface area contributed by atoms with Crippen molar-refractivity contribution >= 4 is 33.6 Å². The van der Waals surface area contributed by atoms with E-state index in [4.69, 9.17) is 10.1 Å². The molecule has 0 spiro atoms. The summed E-state index contributed by atoms with van der Waals surface area (Å²) in [6.45, 7) is 0. The van der Waals surface area contributed by atoms with E-state index in [1.807, 2.05) is 6.08 Å². The van der Waals surface area contributed by atoms with Gasteiger partial charge in [-0.1, -0.05) is 24.3 Å². The van der Waals surface area contributed by atoms with Crippen LogP contribution in [0.1, 0.15) is 59.7 Å². The van der Waals surface area contributed by atoms with E-state index >= 15 is 0 Å². The van der Waals surface area contributed by atoms with Gasteiger partial charge in [-0.25, -0.2) is 9.37 Å². The van der Waals surface area contributed by atoms with Crippen molar-refractivity contribution in [2.75, 3.05) is 0 Å². The molecule has 3 N–H and O–H groups in total. The maximum atomic E-state index is 13.7.